The number of aromatic nitrogens is 1. The first-order chi connectivity index (χ1) is 8.20. The number of hydrogen-bond acceptors (Lipinski definition) is 2. The molecular formula is C15H18N2. The number of nitrogens with zero attached hydrogens (tertiary/aromatic N) is 1. The van der Waals surface area contributed by atoms with Gasteiger partial charge in [-0.05, 0) is 49.7 Å². The highest BCUT2D eigenvalue weighted by atomic mass is 14.8. The first-order valence-corrected chi connectivity index (χ1v) is 5.88. The second-order valence-corrected chi connectivity index (χ2v) is 4.39. The van der Waals surface area contributed by atoms with Crippen LogP contribution in [0.3, 0.4) is 0 Å². The number of nitrogens with one attached hydrogen (secondary N) is 1. The van der Waals surface area contributed by atoms with Crippen LogP contribution >= 0.6 is 0 Å². The minimum absolute atomic E-state index is 0.910. The zero-order chi connectivity index (χ0) is 12.3. The fourth-order valence-electron chi connectivity index (χ4n) is 1.88. The topological polar surface area (TPSA) is 24.9 Å². The van der Waals surface area contributed by atoms with Crippen molar-refractivity contribution in [3.8, 4) is 11.3 Å². The maximum atomic E-state index is 4.45. The van der Waals surface area contributed by atoms with Gasteiger partial charge in [0.05, 0.1) is 5.69 Å². The molecule has 88 valence electrons. The van der Waals surface area contributed by atoms with Crippen LogP contribution in [0, 0.1) is 13.8 Å². The lowest BCUT2D eigenvalue weighted by Gasteiger charge is -2.08. The number of benzene rings is 1. The summed E-state index contributed by atoms with van der Waals surface area (Å²) in [5, 5.41) is 3.18. The standard InChI is InChI=1S/C15H18N2/c1-11-4-7-15(17-9-11)13-5-6-14(10-16-3)12(2)8-13/h4-9,16H,10H2,1-3H3. The molecule has 2 rings (SSSR count). The van der Waals surface area contributed by atoms with Gasteiger partial charge in [-0.3, -0.25) is 4.98 Å². The van der Waals surface area contributed by atoms with Crippen molar-refractivity contribution in [2.75, 3.05) is 7.05 Å². The molecule has 2 nitrogen and oxygen atoms in total. The molecule has 0 aliphatic heterocycles. The zero-order valence-corrected chi connectivity index (χ0v) is 10.6. The molecule has 0 amide bonds. The van der Waals surface area contributed by atoms with Crippen molar-refractivity contribution < 1.29 is 0 Å². The highest BCUT2D eigenvalue weighted by molar-refractivity contribution is 5.61. The summed E-state index contributed by atoms with van der Waals surface area (Å²) in [4.78, 5) is 4.45. The van der Waals surface area contributed by atoms with Crippen LogP contribution in [0.1, 0.15) is 16.7 Å². The number of aryl methyl sites for hydroxylation is 2. The molecule has 0 fully saturated rings. The Labute approximate surface area is 103 Å². The van der Waals surface area contributed by atoms with E-state index in [1.165, 1.54) is 22.3 Å². The Hall–Kier alpha value is -1.67. The molecule has 0 radical (unpaired) electrons. The van der Waals surface area contributed by atoms with Crippen molar-refractivity contribution in [3.63, 3.8) is 0 Å². The van der Waals surface area contributed by atoms with Crippen molar-refractivity contribution in [2.45, 2.75) is 20.4 Å². The molecule has 0 bridgehead atoms. The molecule has 0 aliphatic carbocycles. The van der Waals surface area contributed by atoms with Crippen LogP contribution in [0.15, 0.2) is 36.5 Å². The molecule has 1 aromatic heterocycles. The fourth-order valence-corrected chi connectivity index (χ4v) is 1.88. The summed E-state index contributed by atoms with van der Waals surface area (Å²) in [7, 11) is 1.97. The highest BCUT2D eigenvalue weighted by Crippen LogP contribution is 2.20. The molecule has 1 heterocycles. The highest BCUT2D eigenvalue weighted by Gasteiger charge is 2.02. The minimum atomic E-state index is 0.910. The second-order valence-electron chi connectivity index (χ2n) is 4.39. The van der Waals surface area contributed by atoms with E-state index in [0.29, 0.717) is 0 Å². The van der Waals surface area contributed by atoms with Crippen molar-refractivity contribution >= 4 is 0 Å². The molecule has 0 aliphatic rings. The summed E-state index contributed by atoms with van der Waals surface area (Å²) in [5.41, 5.74) is 6.05. The Kier molecular flexibility index (Phi) is 3.55. The molecule has 17 heavy (non-hydrogen) atoms. The van der Waals surface area contributed by atoms with Crippen molar-refractivity contribution in [1.82, 2.24) is 10.3 Å². The third-order valence-electron chi connectivity index (χ3n) is 2.92. The van der Waals surface area contributed by atoms with Crippen molar-refractivity contribution in [2.24, 2.45) is 0 Å². The van der Waals surface area contributed by atoms with Gasteiger partial charge in [0.15, 0.2) is 0 Å². The third kappa shape index (κ3) is 2.71. The van der Waals surface area contributed by atoms with E-state index < -0.39 is 0 Å². The van der Waals surface area contributed by atoms with E-state index in [9.17, 15) is 0 Å². The van der Waals surface area contributed by atoms with E-state index in [-0.39, 0.29) is 0 Å². The second kappa shape index (κ2) is 5.11. The normalized spacial score (nSPS) is 10.5. The van der Waals surface area contributed by atoms with Gasteiger partial charge in [0.1, 0.15) is 0 Å². The van der Waals surface area contributed by atoms with Gasteiger partial charge in [-0.25, -0.2) is 0 Å². The average molecular weight is 226 g/mol. The molecule has 2 heteroatoms. The van der Waals surface area contributed by atoms with Gasteiger partial charge in [-0.2, -0.15) is 0 Å². The predicted molar refractivity (Wildman–Crippen MR) is 71.9 cm³/mol. The van der Waals surface area contributed by atoms with Gasteiger partial charge in [0.2, 0.25) is 0 Å². The minimum Gasteiger partial charge on any atom is -0.316 e. The van der Waals surface area contributed by atoms with Gasteiger partial charge >= 0.3 is 0 Å². The molecule has 1 aromatic carbocycles. The summed E-state index contributed by atoms with van der Waals surface area (Å²) in [5.74, 6) is 0. The number of hydrogen-bond donors (Lipinski definition) is 1. The number of rotatable bonds is 3. The average Bonchev–Trinajstić information content (AvgIpc) is 2.33. The van der Waals surface area contributed by atoms with E-state index in [1.807, 2.05) is 13.2 Å². The molecule has 0 saturated carbocycles. The zero-order valence-electron chi connectivity index (χ0n) is 10.6. The molecule has 0 atom stereocenters. The van der Waals surface area contributed by atoms with Crippen molar-refractivity contribution in [3.05, 3.63) is 53.2 Å². The maximum Gasteiger partial charge on any atom is 0.0702 e. The van der Waals surface area contributed by atoms with E-state index in [4.69, 9.17) is 0 Å². The summed E-state index contributed by atoms with van der Waals surface area (Å²) in [6.07, 6.45) is 1.91. The summed E-state index contributed by atoms with van der Waals surface area (Å²) < 4.78 is 0. The third-order valence-corrected chi connectivity index (χ3v) is 2.92. The fraction of sp³-hybridized carbons (Fsp3) is 0.267. The Bertz CT molecular complexity index is 501. The van der Waals surface area contributed by atoms with E-state index in [1.54, 1.807) is 0 Å². The van der Waals surface area contributed by atoms with Gasteiger partial charge in [-0.15, -0.1) is 0 Å². The maximum absolute atomic E-state index is 4.45. The van der Waals surface area contributed by atoms with Crippen LogP contribution in [0.25, 0.3) is 11.3 Å². The van der Waals surface area contributed by atoms with Crippen LogP contribution in [-0.4, -0.2) is 12.0 Å². The number of pyridine rings is 1. The molecule has 1 N–H and O–H groups in total. The Morgan fingerprint density at radius 2 is 1.94 bits per heavy atom. The summed E-state index contributed by atoms with van der Waals surface area (Å²) in [6, 6.07) is 10.7. The molecular weight excluding hydrogens is 208 g/mol. The first kappa shape index (κ1) is 11.8. The molecule has 0 spiro atoms. The quantitative estimate of drug-likeness (QED) is 0.870. The Morgan fingerprint density at radius 3 is 2.53 bits per heavy atom. The van der Waals surface area contributed by atoms with Gasteiger partial charge in [0, 0.05) is 18.3 Å². The molecule has 0 unspecified atom stereocenters. The van der Waals surface area contributed by atoms with E-state index >= 15 is 0 Å². The van der Waals surface area contributed by atoms with E-state index in [0.717, 1.165) is 12.2 Å². The van der Waals surface area contributed by atoms with Crippen LogP contribution < -0.4 is 5.32 Å². The lowest BCUT2D eigenvalue weighted by atomic mass is 10.0. The van der Waals surface area contributed by atoms with Crippen molar-refractivity contribution in [1.29, 1.82) is 0 Å². The van der Waals surface area contributed by atoms with Gasteiger partial charge in [0.25, 0.3) is 0 Å². The summed E-state index contributed by atoms with van der Waals surface area (Å²) in [6.45, 7) is 5.11. The van der Waals surface area contributed by atoms with E-state index in [2.05, 4.69) is 54.5 Å². The van der Waals surface area contributed by atoms with Crippen LogP contribution in [-0.2, 0) is 6.54 Å². The van der Waals surface area contributed by atoms with Crippen LogP contribution in [0.2, 0.25) is 0 Å². The van der Waals surface area contributed by atoms with Crippen LogP contribution in [0.4, 0.5) is 0 Å². The van der Waals surface area contributed by atoms with Crippen LogP contribution in [0.5, 0.6) is 0 Å². The monoisotopic (exact) mass is 226 g/mol. The van der Waals surface area contributed by atoms with Gasteiger partial charge < -0.3 is 5.32 Å². The smallest absolute Gasteiger partial charge is 0.0702 e. The predicted octanol–water partition coefficient (Wildman–Crippen LogP) is 3.08. The largest absolute Gasteiger partial charge is 0.316 e. The summed E-state index contributed by atoms with van der Waals surface area (Å²) >= 11 is 0. The Balaban J connectivity index is 2.34. The lowest BCUT2D eigenvalue weighted by Crippen LogP contribution is -2.06. The molecule has 2 aromatic rings. The lowest BCUT2D eigenvalue weighted by molar-refractivity contribution is 0.812. The molecule has 0 saturated heterocycles. The first-order valence-electron chi connectivity index (χ1n) is 5.88. The van der Waals surface area contributed by atoms with Gasteiger partial charge in [-0.1, -0.05) is 18.2 Å². The SMILES string of the molecule is CNCc1ccc(-c2ccc(C)cn2)cc1C. The Morgan fingerprint density at radius 1 is 1.12 bits per heavy atom.